The van der Waals surface area contributed by atoms with Gasteiger partial charge in [0.05, 0.1) is 19.2 Å². The number of hydrogen-bond donors (Lipinski definition) is 0. The number of carbonyl (C=O) groups is 1. The van der Waals surface area contributed by atoms with Crippen LogP contribution >= 0.6 is 0 Å². The summed E-state index contributed by atoms with van der Waals surface area (Å²) in [5.74, 6) is 0.124. The largest absolute Gasteiger partial charge is 0.370 e. The Morgan fingerprint density at radius 2 is 2.05 bits per heavy atom. The van der Waals surface area contributed by atoms with Crippen molar-refractivity contribution in [3.8, 4) is 0 Å². The van der Waals surface area contributed by atoms with E-state index in [9.17, 15) is 4.79 Å². The summed E-state index contributed by atoms with van der Waals surface area (Å²) in [4.78, 5) is 14.5. The zero-order chi connectivity index (χ0) is 13.9. The van der Waals surface area contributed by atoms with Crippen LogP contribution in [0.1, 0.15) is 31.4 Å². The molecule has 3 rings (SSSR count). The van der Waals surface area contributed by atoms with Gasteiger partial charge in [0.15, 0.2) is 0 Å². The molecule has 4 heteroatoms. The lowest BCUT2D eigenvalue weighted by Gasteiger charge is -2.39. The highest BCUT2D eigenvalue weighted by Crippen LogP contribution is 2.26. The molecule has 0 unspecified atom stereocenters. The third-order valence-electron chi connectivity index (χ3n) is 4.09. The van der Waals surface area contributed by atoms with E-state index in [-0.39, 0.29) is 24.2 Å². The predicted octanol–water partition coefficient (Wildman–Crippen LogP) is 2.15. The number of nitrogens with zero attached hydrogens (tertiary/aromatic N) is 1. The van der Waals surface area contributed by atoms with E-state index in [4.69, 9.17) is 9.47 Å². The van der Waals surface area contributed by atoms with E-state index in [1.165, 1.54) is 0 Å². The SMILES string of the molecule is C[C@@H]1CO[C@@H](c2ccccc2)CN1C(=O)[C@@H]1CCCO1. The number of hydrogen-bond acceptors (Lipinski definition) is 3. The third kappa shape index (κ3) is 2.72. The maximum absolute atomic E-state index is 12.5. The molecule has 2 aliphatic heterocycles. The Labute approximate surface area is 119 Å². The Kier molecular flexibility index (Phi) is 4.03. The van der Waals surface area contributed by atoms with E-state index >= 15 is 0 Å². The zero-order valence-electron chi connectivity index (χ0n) is 11.8. The van der Waals surface area contributed by atoms with Gasteiger partial charge in [-0.15, -0.1) is 0 Å². The second-order valence-corrected chi connectivity index (χ2v) is 5.57. The molecule has 1 aromatic carbocycles. The standard InChI is InChI=1S/C16H21NO3/c1-12-11-20-15(13-6-3-2-4-7-13)10-17(12)16(18)14-8-5-9-19-14/h2-4,6-7,12,14-15H,5,8-11H2,1H3/t12-,14+,15-/m1/s1. The fourth-order valence-electron chi connectivity index (χ4n) is 2.89. The molecule has 1 amide bonds. The van der Waals surface area contributed by atoms with Crippen LogP contribution in [0.15, 0.2) is 30.3 Å². The Morgan fingerprint density at radius 3 is 2.75 bits per heavy atom. The van der Waals surface area contributed by atoms with Gasteiger partial charge in [0, 0.05) is 6.61 Å². The van der Waals surface area contributed by atoms with Gasteiger partial charge in [-0.1, -0.05) is 30.3 Å². The van der Waals surface area contributed by atoms with E-state index < -0.39 is 0 Å². The van der Waals surface area contributed by atoms with Crippen LogP contribution in [0.25, 0.3) is 0 Å². The minimum atomic E-state index is -0.244. The van der Waals surface area contributed by atoms with Gasteiger partial charge in [-0.2, -0.15) is 0 Å². The molecular formula is C16H21NO3. The minimum absolute atomic E-state index is 0.0299. The van der Waals surface area contributed by atoms with E-state index in [0.717, 1.165) is 18.4 Å². The Morgan fingerprint density at radius 1 is 1.25 bits per heavy atom. The van der Waals surface area contributed by atoms with Crippen molar-refractivity contribution in [2.45, 2.75) is 38.0 Å². The highest BCUT2D eigenvalue weighted by atomic mass is 16.5. The summed E-state index contributed by atoms with van der Waals surface area (Å²) in [6.45, 7) is 3.94. The molecule has 2 aliphatic rings. The van der Waals surface area contributed by atoms with E-state index in [2.05, 4.69) is 12.1 Å². The lowest BCUT2D eigenvalue weighted by molar-refractivity contribution is -0.154. The van der Waals surface area contributed by atoms with Gasteiger partial charge in [0.25, 0.3) is 5.91 Å². The van der Waals surface area contributed by atoms with Crippen LogP contribution in [0.5, 0.6) is 0 Å². The van der Waals surface area contributed by atoms with Crippen molar-refractivity contribution in [1.29, 1.82) is 0 Å². The van der Waals surface area contributed by atoms with Crippen molar-refractivity contribution < 1.29 is 14.3 Å². The Bertz CT molecular complexity index is 456. The zero-order valence-corrected chi connectivity index (χ0v) is 11.8. The molecule has 4 nitrogen and oxygen atoms in total. The van der Waals surface area contributed by atoms with E-state index in [0.29, 0.717) is 19.8 Å². The lowest BCUT2D eigenvalue weighted by atomic mass is 10.1. The van der Waals surface area contributed by atoms with Crippen LogP contribution in [0.3, 0.4) is 0 Å². The van der Waals surface area contributed by atoms with Gasteiger partial charge in [-0.3, -0.25) is 4.79 Å². The molecule has 2 heterocycles. The van der Waals surface area contributed by atoms with Crippen LogP contribution in [0.2, 0.25) is 0 Å². The van der Waals surface area contributed by atoms with Gasteiger partial charge >= 0.3 is 0 Å². The first-order valence-electron chi connectivity index (χ1n) is 7.34. The molecule has 0 bridgehead atoms. The molecule has 3 atom stereocenters. The highest BCUT2D eigenvalue weighted by Gasteiger charge is 2.35. The fraction of sp³-hybridized carbons (Fsp3) is 0.562. The normalized spacial score (nSPS) is 30.4. The van der Waals surface area contributed by atoms with Gasteiger partial charge in [0.1, 0.15) is 12.2 Å². The first kappa shape index (κ1) is 13.6. The van der Waals surface area contributed by atoms with Crippen molar-refractivity contribution in [1.82, 2.24) is 4.90 Å². The first-order valence-corrected chi connectivity index (χ1v) is 7.34. The summed E-state index contributed by atoms with van der Waals surface area (Å²) in [7, 11) is 0. The molecule has 2 fully saturated rings. The van der Waals surface area contributed by atoms with Crippen LogP contribution in [-0.4, -0.2) is 42.7 Å². The molecule has 0 aromatic heterocycles. The smallest absolute Gasteiger partial charge is 0.252 e. The first-order chi connectivity index (χ1) is 9.75. The van der Waals surface area contributed by atoms with Gasteiger partial charge in [-0.05, 0) is 25.3 Å². The minimum Gasteiger partial charge on any atom is -0.370 e. The maximum atomic E-state index is 12.5. The maximum Gasteiger partial charge on any atom is 0.252 e. The van der Waals surface area contributed by atoms with Crippen molar-refractivity contribution >= 4 is 5.91 Å². The summed E-state index contributed by atoms with van der Waals surface area (Å²) in [6.07, 6.45) is 1.56. The second kappa shape index (κ2) is 5.94. The number of benzene rings is 1. The molecule has 1 aromatic rings. The number of rotatable bonds is 2. The third-order valence-corrected chi connectivity index (χ3v) is 4.09. The van der Waals surface area contributed by atoms with Crippen LogP contribution in [0, 0.1) is 0 Å². The molecule has 0 aliphatic carbocycles. The average Bonchev–Trinajstić information content (AvgIpc) is 3.02. The van der Waals surface area contributed by atoms with Crippen molar-refractivity contribution in [2.24, 2.45) is 0 Å². The summed E-state index contributed by atoms with van der Waals surface area (Å²) in [6, 6.07) is 10.2. The Balaban J connectivity index is 1.71. The number of ether oxygens (including phenoxy) is 2. The quantitative estimate of drug-likeness (QED) is 0.830. The van der Waals surface area contributed by atoms with E-state index in [1.807, 2.05) is 30.0 Å². The number of morpholine rings is 1. The van der Waals surface area contributed by atoms with Crippen LogP contribution in [0.4, 0.5) is 0 Å². The topological polar surface area (TPSA) is 38.8 Å². The predicted molar refractivity (Wildman–Crippen MR) is 75.3 cm³/mol. The molecule has 108 valence electrons. The van der Waals surface area contributed by atoms with Gasteiger partial charge in [-0.25, -0.2) is 0 Å². The second-order valence-electron chi connectivity index (χ2n) is 5.57. The van der Waals surface area contributed by atoms with Gasteiger partial charge < -0.3 is 14.4 Å². The molecular weight excluding hydrogens is 254 g/mol. The van der Waals surface area contributed by atoms with Gasteiger partial charge in [0.2, 0.25) is 0 Å². The Hall–Kier alpha value is -1.39. The van der Waals surface area contributed by atoms with Crippen molar-refractivity contribution in [3.63, 3.8) is 0 Å². The summed E-state index contributed by atoms with van der Waals surface area (Å²) in [5.41, 5.74) is 1.13. The molecule has 2 saturated heterocycles. The van der Waals surface area contributed by atoms with Crippen molar-refractivity contribution in [3.05, 3.63) is 35.9 Å². The molecule has 20 heavy (non-hydrogen) atoms. The molecule has 0 spiro atoms. The van der Waals surface area contributed by atoms with Crippen LogP contribution in [-0.2, 0) is 14.3 Å². The van der Waals surface area contributed by atoms with Crippen LogP contribution < -0.4 is 0 Å². The molecule has 0 radical (unpaired) electrons. The van der Waals surface area contributed by atoms with Crippen molar-refractivity contribution in [2.75, 3.05) is 19.8 Å². The summed E-state index contributed by atoms with van der Waals surface area (Å²) in [5, 5.41) is 0. The van der Waals surface area contributed by atoms with E-state index in [1.54, 1.807) is 0 Å². The number of carbonyl (C=O) groups excluding carboxylic acids is 1. The number of amides is 1. The average molecular weight is 275 g/mol. The highest BCUT2D eigenvalue weighted by molar-refractivity contribution is 5.81. The monoisotopic (exact) mass is 275 g/mol. The molecule has 0 saturated carbocycles. The summed E-state index contributed by atoms with van der Waals surface area (Å²) < 4.78 is 11.4. The summed E-state index contributed by atoms with van der Waals surface area (Å²) >= 11 is 0. The lowest BCUT2D eigenvalue weighted by Crippen LogP contribution is -2.51. The fourth-order valence-corrected chi connectivity index (χ4v) is 2.89. The molecule has 0 N–H and O–H groups in total.